The Kier molecular flexibility index (Phi) is 4.81. The lowest BCUT2D eigenvalue weighted by Crippen LogP contribution is -2.16. The second kappa shape index (κ2) is 7.73. The van der Waals surface area contributed by atoms with Gasteiger partial charge in [-0.2, -0.15) is 0 Å². The molecule has 0 aliphatic heterocycles. The summed E-state index contributed by atoms with van der Waals surface area (Å²) < 4.78 is 0. The van der Waals surface area contributed by atoms with Crippen LogP contribution in [0.4, 0.5) is 17.1 Å². The van der Waals surface area contributed by atoms with Gasteiger partial charge in [0.1, 0.15) is 11.4 Å². The van der Waals surface area contributed by atoms with Gasteiger partial charge in [0.15, 0.2) is 0 Å². The predicted octanol–water partition coefficient (Wildman–Crippen LogP) is 3.11. The quantitative estimate of drug-likeness (QED) is 0.497. The number of carbonyl (C=O) groups is 2. The van der Waals surface area contributed by atoms with Gasteiger partial charge in [0, 0.05) is 11.6 Å². The summed E-state index contributed by atoms with van der Waals surface area (Å²) in [6.45, 7) is 0. The molecule has 0 spiro atoms. The summed E-state index contributed by atoms with van der Waals surface area (Å²) in [6.07, 6.45) is 4.48. The molecular weight excluding hydrogens is 368 g/mol. The van der Waals surface area contributed by atoms with E-state index in [-0.39, 0.29) is 17.3 Å². The minimum atomic E-state index is -0.397. The Hall–Kier alpha value is -4.33. The maximum absolute atomic E-state index is 12.5. The number of hydrogen-bond acceptors (Lipinski definition) is 6. The van der Waals surface area contributed by atoms with E-state index in [1.165, 1.54) is 24.5 Å². The summed E-state index contributed by atoms with van der Waals surface area (Å²) in [6, 6.07) is 15.5. The molecule has 3 heterocycles. The number of nitrogen functional groups attached to an aromatic ring is 1. The van der Waals surface area contributed by atoms with Crippen molar-refractivity contribution in [3.05, 3.63) is 84.6 Å². The van der Waals surface area contributed by atoms with Gasteiger partial charge >= 0.3 is 0 Å². The summed E-state index contributed by atoms with van der Waals surface area (Å²) in [4.78, 5) is 37.1. The minimum Gasteiger partial charge on any atom is -0.397 e. The van der Waals surface area contributed by atoms with Gasteiger partial charge < -0.3 is 16.4 Å². The van der Waals surface area contributed by atoms with Gasteiger partial charge in [0.2, 0.25) is 0 Å². The third-order valence-electron chi connectivity index (χ3n) is 4.15. The molecule has 0 aliphatic rings. The van der Waals surface area contributed by atoms with E-state index >= 15 is 0 Å². The molecule has 0 saturated carbocycles. The first-order chi connectivity index (χ1) is 14.1. The van der Waals surface area contributed by atoms with Gasteiger partial charge in [-0.25, -0.2) is 9.97 Å². The Labute approximate surface area is 165 Å². The van der Waals surface area contributed by atoms with E-state index in [2.05, 4.69) is 25.6 Å². The second-order valence-corrected chi connectivity index (χ2v) is 6.20. The van der Waals surface area contributed by atoms with E-state index in [0.717, 1.165) is 5.39 Å². The van der Waals surface area contributed by atoms with Gasteiger partial charge in [0.05, 0.1) is 35.0 Å². The molecule has 2 amide bonds. The molecule has 0 saturated heterocycles. The van der Waals surface area contributed by atoms with E-state index in [1.807, 2.05) is 24.3 Å². The molecule has 4 N–H and O–H groups in total. The van der Waals surface area contributed by atoms with Crippen molar-refractivity contribution in [1.82, 2.24) is 15.0 Å². The van der Waals surface area contributed by atoms with Crippen LogP contribution in [0.15, 0.2) is 73.2 Å². The van der Waals surface area contributed by atoms with Crippen LogP contribution in [0.5, 0.6) is 0 Å². The summed E-state index contributed by atoms with van der Waals surface area (Å²) in [5.41, 5.74) is 8.21. The molecule has 0 aliphatic carbocycles. The second-order valence-electron chi connectivity index (χ2n) is 6.20. The van der Waals surface area contributed by atoms with E-state index in [9.17, 15) is 9.59 Å². The van der Waals surface area contributed by atoms with Gasteiger partial charge in [-0.3, -0.25) is 14.6 Å². The van der Waals surface area contributed by atoms with Gasteiger partial charge in [-0.15, -0.1) is 0 Å². The van der Waals surface area contributed by atoms with Crippen molar-refractivity contribution in [3.8, 4) is 0 Å². The Balaban J connectivity index is 1.46. The monoisotopic (exact) mass is 384 g/mol. The first-order valence-electron chi connectivity index (χ1n) is 8.74. The van der Waals surface area contributed by atoms with E-state index in [4.69, 9.17) is 5.73 Å². The van der Waals surface area contributed by atoms with Crippen molar-refractivity contribution in [2.75, 3.05) is 16.4 Å². The molecule has 4 rings (SSSR count). The zero-order valence-corrected chi connectivity index (χ0v) is 15.2. The molecule has 0 radical (unpaired) electrons. The Morgan fingerprint density at radius 2 is 1.48 bits per heavy atom. The van der Waals surface area contributed by atoms with Crippen LogP contribution in [0.2, 0.25) is 0 Å². The normalized spacial score (nSPS) is 10.5. The van der Waals surface area contributed by atoms with Crippen LogP contribution in [0.1, 0.15) is 21.0 Å². The lowest BCUT2D eigenvalue weighted by atomic mass is 10.2. The first kappa shape index (κ1) is 18.1. The predicted molar refractivity (Wildman–Crippen MR) is 111 cm³/mol. The molecule has 142 valence electrons. The highest BCUT2D eigenvalue weighted by atomic mass is 16.2. The van der Waals surface area contributed by atoms with Gasteiger partial charge in [-0.1, -0.05) is 18.2 Å². The third kappa shape index (κ3) is 4.01. The van der Waals surface area contributed by atoms with Crippen LogP contribution >= 0.6 is 0 Å². The highest BCUT2D eigenvalue weighted by molar-refractivity contribution is 6.07. The van der Waals surface area contributed by atoms with Crippen molar-refractivity contribution in [2.24, 2.45) is 0 Å². The molecule has 0 fully saturated rings. The van der Waals surface area contributed by atoms with E-state index in [1.54, 1.807) is 24.4 Å². The van der Waals surface area contributed by atoms with E-state index < -0.39 is 5.91 Å². The molecule has 8 nitrogen and oxygen atoms in total. The number of rotatable bonds is 4. The lowest BCUT2D eigenvalue weighted by molar-refractivity contribution is 0.101. The lowest BCUT2D eigenvalue weighted by Gasteiger charge is -2.08. The standard InChI is InChI=1S/C21H16N6O2/c22-14-6-8-17(24-11-14)20(28)26-15-7-9-18(25-12-15)21(29)27-16-5-1-3-13-4-2-10-23-19(13)16/h1-12H,22H2,(H,26,28)(H,27,29). The van der Waals surface area contributed by atoms with Gasteiger partial charge in [-0.05, 0) is 36.4 Å². The van der Waals surface area contributed by atoms with Crippen molar-refractivity contribution in [2.45, 2.75) is 0 Å². The largest absolute Gasteiger partial charge is 0.397 e. The highest BCUT2D eigenvalue weighted by Gasteiger charge is 2.12. The minimum absolute atomic E-state index is 0.210. The number of hydrogen-bond donors (Lipinski definition) is 3. The molecule has 1 aromatic carbocycles. The smallest absolute Gasteiger partial charge is 0.274 e. The number of pyridine rings is 3. The Bertz CT molecular complexity index is 1180. The third-order valence-corrected chi connectivity index (χ3v) is 4.15. The molecule has 3 aromatic heterocycles. The molecule has 0 bridgehead atoms. The number of benzene rings is 1. The van der Waals surface area contributed by atoms with Crippen molar-refractivity contribution >= 4 is 39.8 Å². The molecule has 29 heavy (non-hydrogen) atoms. The van der Waals surface area contributed by atoms with Crippen LogP contribution in [-0.4, -0.2) is 26.8 Å². The van der Waals surface area contributed by atoms with Crippen LogP contribution in [0, 0.1) is 0 Å². The summed E-state index contributed by atoms with van der Waals surface area (Å²) in [5, 5.41) is 6.41. The number of para-hydroxylation sites is 1. The zero-order valence-electron chi connectivity index (χ0n) is 15.2. The van der Waals surface area contributed by atoms with E-state index in [0.29, 0.717) is 22.6 Å². The van der Waals surface area contributed by atoms with Crippen molar-refractivity contribution in [3.63, 3.8) is 0 Å². The average Bonchev–Trinajstić information content (AvgIpc) is 2.75. The number of fused-ring (bicyclic) bond motifs is 1. The molecule has 0 atom stereocenters. The van der Waals surface area contributed by atoms with Crippen molar-refractivity contribution < 1.29 is 9.59 Å². The van der Waals surface area contributed by atoms with Crippen LogP contribution in [-0.2, 0) is 0 Å². The molecular formula is C21H16N6O2. The maximum atomic E-state index is 12.5. The van der Waals surface area contributed by atoms with Crippen LogP contribution in [0.3, 0.4) is 0 Å². The number of aromatic nitrogens is 3. The van der Waals surface area contributed by atoms with Crippen molar-refractivity contribution in [1.29, 1.82) is 0 Å². The fourth-order valence-corrected chi connectivity index (χ4v) is 2.73. The molecule has 0 unspecified atom stereocenters. The zero-order chi connectivity index (χ0) is 20.2. The fourth-order valence-electron chi connectivity index (χ4n) is 2.73. The van der Waals surface area contributed by atoms with Crippen LogP contribution < -0.4 is 16.4 Å². The molecule has 4 aromatic rings. The summed E-state index contributed by atoms with van der Waals surface area (Å²) >= 11 is 0. The number of nitrogens with zero attached hydrogens (tertiary/aromatic N) is 3. The average molecular weight is 384 g/mol. The fraction of sp³-hybridized carbons (Fsp3) is 0. The van der Waals surface area contributed by atoms with Crippen LogP contribution in [0.25, 0.3) is 10.9 Å². The highest BCUT2D eigenvalue weighted by Crippen LogP contribution is 2.21. The topological polar surface area (TPSA) is 123 Å². The number of anilines is 3. The SMILES string of the molecule is Nc1ccc(C(=O)Nc2ccc(C(=O)Nc3cccc4cccnc34)nc2)nc1. The Morgan fingerprint density at radius 3 is 2.21 bits per heavy atom. The summed E-state index contributed by atoms with van der Waals surface area (Å²) in [5.74, 6) is -0.771. The number of carbonyl (C=O) groups excluding carboxylic acids is 2. The summed E-state index contributed by atoms with van der Waals surface area (Å²) in [7, 11) is 0. The number of nitrogens with two attached hydrogens (primary N) is 1. The first-order valence-corrected chi connectivity index (χ1v) is 8.74. The Morgan fingerprint density at radius 1 is 0.759 bits per heavy atom. The number of amides is 2. The van der Waals surface area contributed by atoms with Gasteiger partial charge in [0.25, 0.3) is 11.8 Å². The number of nitrogens with one attached hydrogen (secondary N) is 2. The maximum Gasteiger partial charge on any atom is 0.274 e. The molecule has 8 heteroatoms.